The first-order chi connectivity index (χ1) is 6.83. The van der Waals surface area contributed by atoms with Crippen LogP contribution in [0.2, 0.25) is 0 Å². The van der Waals surface area contributed by atoms with Crippen molar-refractivity contribution in [2.45, 2.75) is 46.6 Å². The minimum Gasteiger partial charge on any atom is -1.00 e. The van der Waals surface area contributed by atoms with E-state index in [9.17, 15) is 0 Å². The molecule has 2 nitrogen and oxygen atoms in total. The molecule has 100 valence electrons. The summed E-state index contributed by atoms with van der Waals surface area (Å²) in [4.78, 5) is 0. The number of rotatable bonds is 7. The van der Waals surface area contributed by atoms with Crippen molar-refractivity contribution in [1.29, 1.82) is 0 Å². The summed E-state index contributed by atoms with van der Waals surface area (Å²) in [7, 11) is 0. The second-order valence-electron chi connectivity index (χ2n) is 4.81. The molecule has 0 radical (unpaired) electrons. The van der Waals surface area contributed by atoms with E-state index in [1.54, 1.807) is 0 Å². The van der Waals surface area contributed by atoms with Crippen LogP contribution in [0.5, 0.6) is 0 Å². The molecular formula is C11H25Cl3N2. The van der Waals surface area contributed by atoms with Gasteiger partial charge in [0.1, 0.15) is 0 Å². The van der Waals surface area contributed by atoms with Crippen molar-refractivity contribution in [3.8, 4) is 0 Å². The van der Waals surface area contributed by atoms with Gasteiger partial charge in [-0.25, -0.2) is 0 Å². The Hall–Kier alpha value is 0.790. The van der Waals surface area contributed by atoms with E-state index in [2.05, 4.69) is 34.6 Å². The van der Waals surface area contributed by atoms with Crippen molar-refractivity contribution < 1.29 is 16.9 Å². The van der Waals surface area contributed by atoms with Crippen LogP contribution >= 0.6 is 23.6 Å². The molecule has 0 saturated carbocycles. The van der Waals surface area contributed by atoms with E-state index in [0.29, 0.717) is 0 Å². The third kappa shape index (κ3) is 5.42. The number of quaternary nitrogens is 1. The predicted octanol–water partition coefficient (Wildman–Crippen LogP) is 0.645. The molecular weight excluding hydrogens is 266 g/mol. The fourth-order valence-electron chi connectivity index (χ4n) is 1.74. The van der Waals surface area contributed by atoms with Crippen LogP contribution in [0.3, 0.4) is 0 Å². The van der Waals surface area contributed by atoms with Crippen molar-refractivity contribution in [3.63, 3.8) is 0 Å². The number of hydrogen-bond acceptors (Lipinski definition) is 1. The summed E-state index contributed by atoms with van der Waals surface area (Å²) >= 11 is 11.6. The standard InChI is InChI=1S/C11H25Cl2N2.ClH/c1-6-15(7-2,8-3)10-9-11(4,5)14(12)13;/h6-10H2,1-5H3;1H/q+1;/p-1. The van der Waals surface area contributed by atoms with Crippen molar-refractivity contribution in [2.75, 3.05) is 26.2 Å². The van der Waals surface area contributed by atoms with E-state index in [1.807, 2.05) is 0 Å². The summed E-state index contributed by atoms with van der Waals surface area (Å²) in [5.41, 5.74) is -0.147. The van der Waals surface area contributed by atoms with Gasteiger partial charge in [0, 0.05) is 6.42 Å². The first-order valence-electron chi connectivity index (χ1n) is 5.80. The molecule has 0 aliphatic heterocycles. The Morgan fingerprint density at radius 2 is 1.38 bits per heavy atom. The van der Waals surface area contributed by atoms with Crippen LogP contribution in [0.1, 0.15) is 41.0 Å². The third-order valence-electron chi connectivity index (χ3n) is 3.67. The van der Waals surface area contributed by atoms with Crippen LogP contribution in [0.4, 0.5) is 0 Å². The van der Waals surface area contributed by atoms with Gasteiger partial charge in [-0.1, -0.05) is 0 Å². The summed E-state index contributed by atoms with van der Waals surface area (Å²) in [5, 5.41) is 0. The molecule has 0 aromatic carbocycles. The summed E-state index contributed by atoms with van der Waals surface area (Å²) in [6.45, 7) is 15.5. The molecule has 0 aromatic heterocycles. The number of hydrogen-bond donors (Lipinski definition) is 0. The van der Waals surface area contributed by atoms with Gasteiger partial charge in [0.15, 0.2) is 0 Å². The summed E-state index contributed by atoms with van der Waals surface area (Å²) in [6, 6.07) is 0. The third-order valence-corrected chi connectivity index (χ3v) is 4.58. The van der Waals surface area contributed by atoms with Gasteiger partial charge in [-0.15, -0.1) is 3.94 Å². The molecule has 0 bridgehead atoms. The van der Waals surface area contributed by atoms with Crippen LogP contribution < -0.4 is 12.4 Å². The molecule has 0 amide bonds. The molecule has 0 N–H and O–H groups in total. The fraction of sp³-hybridized carbons (Fsp3) is 1.00. The SMILES string of the molecule is CC[N+](CC)(CC)CCC(C)(C)N(Cl)Cl.[Cl-]. The van der Waals surface area contributed by atoms with Gasteiger partial charge in [0.25, 0.3) is 0 Å². The lowest BCUT2D eigenvalue weighted by molar-refractivity contribution is -0.923. The van der Waals surface area contributed by atoms with Crippen LogP contribution in [0, 0.1) is 0 Å². The van der Waals surface area contributed by atoms with Gasteiger partial charge in [-0.05, 0) is 58.2 Å². The Labute approximate surface area is 117 Å². The molecule has 0 heterocycles. The van der Waals surface area contributed by atoms with E-state index in [4.69, 9.17) is 23.6 Å². The maximum absolute atomic E-state index is 5.82. The molecule has 0 atom stereocenters. The predicted molar refractivity (Wildman–Crippen MR) is 69.0 cm³/mol. The van der Waals surface area contributed by atoms with Gasteiger partial charge < -0.3 is 16.9 Å². The van der Waals surface area contributed by atoms with E-state index in [1.165, 1.54) is 23.6 Å². The molecule has 0 unspecified atom stereocenters. The van der Waals surface area contributed by atoms with Crippen molar-refractivity contribution in [1.82, 2.24) is 3.94 Å². The van der Waals surface area contributed by atoms with Gasteiger partial charge in [0.2, 0.25) is 0 Å². The Kier molecular flexibility index (Phi) is 9.56. The average Bonchev–Trinajstić information content (AvgIpc) is 2.20. The Balaban J connectivity index is 0. The summed E-state index contributed by atoms with van der Waals surface area (Å²) < 4.78 is 2.42. The number of nitrogens with zero attached hydrogens (tertiary/aromatic N) is 2. The van der Waals surface area contributed by atoms with Crippen LogP contribution in [0.15, 0.2) is 0 Å². The van der Waals surface area contributed by atoms with Crippen LogP contribution in [-0.4, -0.2) is 40.1 Å². The molecule has 0 fully saturated rings. The maximum Gasteiger partial charge on any atom is 0.0805 e. The van der Waals surface area contributed by atoms with E-state index in [0.717, 1.165) is 17.4 Å². The van der Waals surface area contributed by atoms with Crippen LogP contribution in [0.25, 0.3) is 0 Å². The second kappa shape index (κ2) is 7.99. The first-order valence-corrected chi connectivity index (χ1v) is 6.48. The van der Waals surface area contributed by atoms with Gasteiger partial charge >= 0.3 is 0 Å². The molecule has 0 rings (SSSR count). The quantitative estimate of drug-likeness (QED) is 0.492. The minimum atomic E-state index is -0.147. The monoisotopic (exact) mass is 290 g/mol. The Morgan fingerprint density at radius 3 is 1.62 bits per heavy atom. The summed E-state index contributed by atoms with van der Waals surface area (Å²) in [5.74, 6) is 0. The van der Waals surface area contributed by atoms with Crippen molar-refractivity contribution in [3.05, 3.63) is 0 Å². The average molecular weight is 292 g/mol. The topological polar surface area (TPSA) is 3.24 Å². The lowest BCUT2D eigenvalue weighted by atomic mass is 10.0. The Morgan fingerprint density at radius 1 is 1.00 bits per heavy atom. The first kappa shape index (κ1) is 19.1. The highest BCUT2D eigenvalue weighted by Gasteiger charge is 2.30. The van der Waals surface area contributed by atoms with E-state index >= 15 is 0 Å². The number of halogens is 3. The minimum absolute atomic E-state index is 0. The largest absolute Gasteiger partial charge is 1.00 e. The molecule has 0 saturated heterocycles. The van der Waals surface area contributed by atoms with Crippen molar-refractivity contribution >= 4 is 23.6 Å². The van der Waals surface area contributed by atoms with Gasteiger partial charge in [-0.2, -0.15) is 0 Å². The highest BCUT2D eigenvalue weighted by Crippen LogP contribution is 2.25. The molecule has 5 heteroatoms. The molecule has 0 aliphatic carbocycles. The summed E-state index contributed by atoms with van der Waals surface area (Å²) in [6.07, 6.45) is 1.01. The van der Waals surface area contributed by atoms with E-state index < -0.39 is 0 Å². The lowest BCUT2D eigenvalue weighted by Crippen LogP contribution is -3.00. The highest BCUT2D eigenvalue weighted by atomic mass is 35.5. The van der Waals surface area contributed by atoms with Crippen molar-refractivity contribution in [2.24, 2.45) is 0 Å². The van der Waals surface area contributed by atoms with Gasteiger partial charge in [0.05, 0.1) is 31.7 Å². The Bertz CT molecular complexity index is 172. The molecule has 16 heavy (non-hydrogen) atoms. The zero-order valence-corrected chi connectivity index (χ0v) is 13.3. The molecule has 0 aliphatic rings. The van der Waals surface area contributed by atoms with Crippen LogP contribution in [-0.2, 0) is 0 Å². The van der Waals surface area contributed by atoms with Gasteiger partial charge in [-0.3, -0.25) is 0 Å². The zero-order chi connectivity index (χ0) is 12.1. The molecule has 0 spiro atoms. The molecule has 0 aromatic rings. The lowest BCUT2D eigenvalue weighted by Gasteiger charge is -2.39. The maximum atomic E-state index is 5.82. The van der Waals surface area contributed by atoms with E-state index in [-0.39, 0.29) is 17.9 Å². The highest BCUT2D eigenvalue weighted by molar-refractivity contribution is 6.34. The zero-order valence-electron chi connectivity index (χ0n) is 11.1. The second-order valence-corrected chi connectivity index (χ2v) is 5.66. The smallest absolute Gasteiger partial charge is 0.0805 e. The fourth-order valence-corrected chi connectivity index (χ4v) is 1.91. The normalized spacial score (nSPS) is 12.8.